The molecule has 0 bridgehead atoms. The van der Waals surface area contributed by atoms with Gasteiger partial charge in [-0.25, -0.2) is 0 Å². The van der Waals surface area contributed by atoms with Gasteiger partial charge in [-0.05, 0) is 18.4 Å². The Morgan fingerprint density at radius 1 is 1.60 bits per heavy atom. The summed E-state index contributed by atoms with van der Waals surface area (Å²) in [5, 5.41) is 4.65. The SMILES string of the molecule is CC[NH+]1CCC[C@H]1C[NH2+]Cc1cccs1. The second-order valence-corrected chi connectivity index (χ2v) is 5.44. The Bertz CT molecular complexity index is 271. The Hall–Kier alpha value is -0.380. The van der Waals surface area contributed by atoms with Crippen LogP contribution in [-0.2, 0) is 6.54 Å². The van der Waals surface area contributed by atoms with Crippen molar-refractivity contribution in [2.45, 2.75) is 32.4 Å². The van der Waals surface area contributed by atoms with E-state index in [0.717, 1.165) is 6.04 Å². The maximum Gasteiger partial charge on any atom is 0.137 e. The first kappa shape index (κ1) is 11.1. The number of hydrogen-bond donors (Lipinski definition) is 2. The number of likely N-dealkylation sites (tertiary alicyclic amines) is 1. The van der Waals surface area contributed by atoms with Crippen LogP contribution in [0.4, 0.5) is 0 Å². The summed E-state index contributed by atoms with van der Waals surface area (Å²) in [6.07, 6.45) is 2.87. The highest BCUT2D eigenvalue weighted by Crippen LogP contribution is 2.05. The molecule has 2 heterocycles. The zero-order valence-electron chi connectivity index (χ0n) is 9.54. The van der Waals surface area contributed by atoms with E-state index in [1.807, 2.05) is 16.2 Å². The van der Waals surface area contributed by atoms with Crippen molar-refractivity contribution in [3.05, 3.63) is 22.4 Å². The minimum Gasteiger partial charge on any atom is -0.337 e. The van der Waals surface area contributed by atoms with E-state index in [2.05, 4.69) is 29.8 Å². The lowest BCUT2D eigenvalue weighted by atomic mass is 10.2. The molecule has 15 heavy (non-hydrogen) atoms. The quantitative estimate of drug-likeness (QED) is 0.698. The molecule has 0 saturated carbocycles. The molecule has 1 aliphatic heterocycles. The normalized spacial score (nSPS) is 25.9. The van der Waals surface area contributed by atoms with Gasteiger partial charge in [0.2, 0.25) is 0 Å². The summed E-state index contributed by atoms with van der Waals surface area (Å²) in [5.41, 5.74) is 0. The minimum atomic E-state index is 0.912. The van der Waals surface area contributed by atoms with Crippen LogP contribution in [0.15, 0.2) is 17.5 Å². The van der Waals surface area contributed by atoms with E-state index < -0.39 is 0 Å². The average molecular weight is 226 g/mol. The molecule has 0 aromatic carbocycles. The van der Waals surface area contributed by atoms with Crippen LogP contribution in [0, 0.1) is 0 Å². The standard InChI is InChI=1S/C12H20N2S/c1-2-14-7-3-5-11(14)9-13-10-12-6-4-8-15-12/h4,6,8,11,13H,2-3,5,7,9-10H2,1H3/p+2/t11-/m0/s1. The first-order valence-electron chi connectivity index (χ1n) is 6.08. The summed E-state index contributed by atoms with van der Waals surface area (Å²) in [7, 11) is 0. The first-order chi connectivity index (χ1) is 7.40. The van der Waals surface area contributed by atoms with Crippen LogP contribution >= 0.6 is 11.3 Å². The number of hydrogen-bond acceptors (Lipinski definition) is 1. The molecule has 1 aromatic rings. The van der Waals surface area contributed by atoms with E-state index in [1.165, 1.54) is 43.9 Å². The monoisotopic (exact) mass is 226 g/mol. The van der Waals surface area contributed by atoms with Crippen molar-refractivity contribution in [1.82, 2.24) is 0 Å². The molecule has 3 heteroatoms. The van der Waals surface area contributed by atoms with Gasteiger partial charge in [-0.1, -0.05) is 6.07 Å². The molecule has 1 unspecified atom stereocenters. The minimum absolute atomic E-state index is 0.912. The number of nitrogens with two attached hydrogens (primary N) is 1. The van der Waals surface area contributed by atoms with Gasteiger partial charge in [0.05, 0.1) is 18.0 Å². The second-order valence-electron chi connectivity index (χ2n) is 4.41. The van der Waals surface area contributed by atoms with Crippen LogP contribution in [0.5, 0.6) is 0 Å². The van der Waals surface area contributed by atoms with Crippen molar-refractivity contribution in [1.29, 1.82) is 0 Å². The van der Waals surface area contributed by atoms with Gasteiger partial charge in [-0.15, -0.1) is 11.3 Å². The third-order valence-corrected chi connectivity index (χ3v) is 4.36. The van der Waals surface area contributed by atoms with Gasteiger partial charge in [0.25, 0.3) is 0 Å². The van der Waals surface area contributed by atoms with E-state index in [4.69, 9.17) is 0 Å². The fraction of sp³-hybridized carbons (Fsp3) is 0.667. The molecule has 0 aliphatic carbocycles. The van der Waals surface area contributed by atoms with E-state index in [-0.39, 0.29) is 0 Å². The van der Waals surface area contributed by atoms with Crippen molar-refractivity contribution < 1.29 is 10.2 Å². The lowest BCUT2D eigenvalue weighted by Crippen LogP contribution is -3.16. The molecule has 2 rings (SSSR count). The Balaban J connectivity index is 1.69. The molecule has 1 aliphatic rings. The zero-order valence-corrected chi connectivity index (χ0v) is 10.4. The van der Waals surface area contributed by atoms with Crippen LogP contribution in [0.1, 0.15) is 24.6 Å². The summed E-state index contributed by atoms with van der Waals surface area (Å²) < 4.78 is 0. The molecular formula is C12H22N2S+2. The summed E-state index contributed by atoms with van der Waals surface area (Å²) in [6, 6.07) is 5.29. The molecule has 0 radical (unpaired) electrons. The molecule has 2 nitrogen and oxygen atoms in total. The van der Waals surface area contributed by atoms with Gasteiger partial charge in [-0.3, -0.25) is 0 Å². The number of nitrogens with one attached hydrogen (secondary N) is 1. The fourth-order valence-electron chi connectivity index (χ4n) is 2.59. The maximum atomic E-state index is 2.48. The highest BCUT2D eigenvalue weighted by atomic mass is 32.1. The van der Waals surface area contributed by atoms with Crippen LogP contribution in [0.2, 0.25) is 0 Å². The molecule has 0 spiro atoms. The molecule has 2 atom stereocenters. The molecule has 84 valence electrons. The van der Waals surface area contributed by atoms with E-state index >= 15 is 0 Å². The highest BCUT2D eigenvalue weighted by molar-refractivity contribution is 7.09. The topological polar surface area (TPSA) is 21.1 Å². The lowest BCUT2D eigenvalue weighted by molar-refractivity contribution is -0.925. The van der Waals surface area contributed by atoms with Crippen LogP contribution in [0.3, 0.4) is 0 Å². The van der Waals surface area contributed by atoms with Crippen molar-refractivity contribution in [2.75, 3.05) is 19.6 Å². The lowest BCUT2D eigenvalue weighted by Gasteiger charge is -2.18. The fourth-order valence-corrected chi connectivity index (χ4v) is 3.29. The summed E-state index contributed by atoms with van der Waals surface area (Å²) in [4.78, 5) is 3.32. The third-order valence-electron chi connectivity index (χ3n) is 3.46. The van der Waals surface area contributed by atoms with E-state index in [0.29, 0.717) is 0 Å². The van der Waals surface area contributed by atoms with Gasteiger partial charge in [-0.2, -0.15) is 0 Å². The predicted molar refractivity (Wildman–Crippen MR) is 64.2 cm³/mol. The predicted octanol–water partition coefficient (Wildman–Crippen LogP) is -0.121. The Labute approximate surface area is 96.3 Å². The number of likely N-dealkylation sites (N-methyl/N-ethyl adjacent to an activating group) is 1. The van der Waals surface area contributed by atoms with E-state index in [9.17, 15) is 0 Å². The number of rotatable bonds is 5. The largest absolute Gasteiger partial charge is 0.337 e. The van der Waals surface area contributed by atoms with E-state index in [1.54, 1.807) is 0 Å². The molecule has 1 aromatic heterocycles. The van der Waals surface area contributed by atoms with Gasteiger partial charge in [0, 0.05) is 12.8 Å². The highest BCUT2D eigenvalue weighted by Gasteiger charge is 2.27. The van der Waals surface area contributed by atoms with Gasteiger partial charge in [0.1, 0.15) is 19.1 Å². The summed E-state index contributed by atoms with van der Waals surface area (Å²) >= 11 is 1.87. The number of thiophene rings is 1. The smallest absolute Gasteiger partial charge is 0.137 e. The summed E-state index contributed by atoms with van der Waals surface area (Å²) in [6.45, 7) is 7.49. The van der Waals surface area contributed by atoms with Crippen LogP contribution in [0.25, 0.3) is 0 Å². The van der Waals surface area contributed by atoms with Crippen molar-refractivity contribution in [2.24, 2.45) is 0 Å². The zero-order chi connectivity index (χ0) is 10.5. The molecule has 3 N–H and O–H groups in total. The third kappa shape index (κ3) is 3.03. The average Bonchev–Trinajstić information content (AvgIpc) is 2.88. The van der Waals surface area contributed by atoms with Crippen LogP contribution < -0.4 is 10.2 Å². The van der Waals surface area contributed by atoms with Gasteiger partial charge in [0.15, 0.2) is 0 Å². The molecular weight excluding hydrogens is 204 g/mol. The second kappa shape index (κ2) is 5.64. The number of quaternary nitrogens is 2. The summed E-state index contributed by atoms with van der Waals surface area (Å²) in [5.74, 6) is 0. The Morgan fingerprint density at radius 3 is 3.27 bits per heavy atom. The Kier molecular flexibility index (Phi) is 4.18. The Morgan fingerprint density at radius 2 is 2.53 bits per heavy atom. The maximum absolute atomic E-state index is 2.48. The van der Waals surface area contributed by atoms with Crippen molar-refractivity contribution in [3.8, 4) is 0 Å². The molecule has 1 fully saturated rings. The van der Waals surface area contributed by atoms with Crippen LogP contribution in [-0.4, -0.2) is 25.7 Å². The molecule has 1 saturated heterocycles. The first-order valence-corrected chi connectivity index (χ1v) is 6.96. The van der Waals surface area contributed by atoms with Crippen molar-refractivity contribution >= 4 is 11.3 Å². The van der Waals surface area contributed by atoms with Crippen molar-refractivity contribution in [3.63, 3.8) is 0 Å². The van der Waals surface area contributed by atoms with Gasteiger partial charge < -0.3 is 10.2 Å². The molecule has 0 amide bonds. The van der Waals surface area contributed by atoms with Gasteiger partial charge >= 0.3 is 0 Å².